The van der Waals surface area contributed by atoms with E-state index in [0.29, 0.717) is 6.20 Å². The zero-order valence-electron chi connectivity index (χ0n) is 9.53. The quantitative estimate of drug-likeness (QED) is 0.591. The lowest BCUT2D eigenvalue weighted by Gasteiger charge is -2.14. The number of alkyl halides is 3. The summed E-state index contributed by atoms with van der Waals surface area (Å²) in [6, 6.07) is 1.60. The number of aliphatic hydroxyl groups is 1. The van der Waals surface area contributed by atoms with Gasteiger partial charge in [-0.25, -0.2) is 13.1 Å². The molecule has 1 aromatic heterocycles. The zero-order chi connectivity index (χ0) is 15.6. The van der Waals surface area contributed by atoms with Gasteiger partial charge >= 0.3 is 12.0 Å². The highest BCUT2D eigenvalue weighted by atomic mass is 32.2. The molecule has 12 heteroatoms. The Morgan fingerprint density at radius 3 is 2.45 bits per heavy atom. The number of sulfonamides is 1. The molecule has 0 aliphatic rings. The summed E-state index contributed by atoms with van der Waals surface area (Å²) in [7, 11) is -4.35. The minimum atomic E-state index is -4.96. The summed E-state index contributed by atoms with van der Waals surface area (Å²) >= 11 is 0. The van der Waals surface area contributed by atoms with Crippen molar-refractivity contribution in [2.24, 2.45) is 0 Å². The fourth-order valence-corrected chi connectivity index (χ4v) is 2.01. The molecule has 0 amide bonds. The van der Waals surface area contributed by atoms with E-state index < -0.39 is 44.5 Å². The maximum atomic E-state index is 12.0. The molecule has 2 N–H and O–H groups in total. The molecule has 0 aromatic carbocycles. The fourth-order valence-electron chi connectivity index (χ4n) is 1.03. The molecular weight excluding hydrogens is 307 g/mol. The lowest BCUT2D eigenvalue weighted by Crippen LogP contribution is -2.40. The van der Waals surface area contributed by atoms with Crippen molar-refractivity contribution >= 4 is 15.8 Å². The number of aliphatic hydroxyl groups excluding tert-OH is 1. The topological polar surface area (TPSA) is 122 Å². The molecule has 8 nitrogen and oxygen atoms in total. The van der Waals surface area contributed by atoms with Crippen LogP contribution in [0, 0.1) is 10.1 Å². The second kappa shape index (κ2) is 5.68. The standard InChI is InChI=1S/C8H8F3N3O5S/c9-8(10,11)6(15)4-13-20(18,19)5-1-2-7(12-3-5)14(16)17/h1-3,6,13,15H,4H2. The highest BCUT2D eigenvalue weighted by Gasteiger charge is 2.38. The highest BCUT2D eigenvalue weighted by Crippen LogP contribution is 2.20. The van der Waals surface area contributed by atoms with E-state index in [-0.39, 0.29) is 0 Å². The number of hydrogen-bond donors (Lipinski definition) is 2. The van der Waals surface area contributed by atoms with E-state index in [9.17, 15) is 31.7 Å². The van der Waals surface area contributed by atoms with Crippen LogP contribution >= 0.6 is 0 Å². The third-order valence-corrected chi connectivity index (χ3v) is 3.47. The Kier molecular flexibility index (Phi) is 4.62. The summed E-state index contributed by atoms with van der Waals surface area (Å²) in [6.07, 6.45) is -7.19. The average Bonchev–Trinajstić information content (AvgIpc) is 2.35. The first kappa shape index (κ1) is 16.3. The van der Waals surface area contributed by atoms with Gasteiger partial charge in [0.1, 0.15) is 4.90 Å². The smallest absolute Gasteiger partial charge is 0.382 e. The molecule has 1 unspecified atom stereocenters. The van der Waals surface area contributed by atoms with Crippen molar-refractivity contribution in [2.45, 2.75) is 17.2 Å². The van der Waals surface area contributed by atoms with Gasteiger partial charge in [0.25, 0.3) is 0 Å². The summed E-state index contributed by atoms with van der Waals surface area (Å²) < 4.78 is 60.6. The number of nitrogens with zero attached hydrogens (tertiary/aromatic N) is 2. The van der Waals surface area contributed by atoms with E-state index in [4.69, 9.17) is 5.11 Å². The van der Waals surface area contributed by atoms with E-state index in [1.54, 1.807) is 0 Å². The lowest BCUT2D eigenvalue weighted by molar-refractivity contribution is -0.389. The average molecular weight is 315 g/mol. The summed E-state index contributed by atoms with van der Waals surface area (Å²) in [4.78, 5) is 12.1. The molecule has 1 aromatic rings. The van der Waals surface area contributed by atoms with Crippen LogP contribution in [0.1, 0.15) is 0 Å². The monoisotopic (exact) mass is 315 g/mol. The molecule has 20 heavy (non-hydrogen) atoms. The molecule has 0 spiro atoms. The van der Waals surface area contributed by atoms with Gasteiger partial charge in [0.2, 0.25) is 10.0 Å². The second-order valence-corrected chi connectivity index (χ2v) is 5.29. The van der Waals surface area contributed by atoms with Crippen molar-refractivity contribution in [1.82, 2.24) is 9.71 Å². The van der Waals surface area contributed by atoms with Crippen LogP contribution in [0.15, 0.2) is 23.2 Å². The van der Waals surface area contributed by atoms with Gasteiger partial charge in [0, 0.05) is 12.6 Å². The minimum absolute atomic E-state index is 0.558. The van der Waals surface area contributed by atoms with Crippen molar-refractivity contribution in [3.05, 3.63) is 28.4 Å². The first-order valence-corrected chi connectivity index (χ1v) is 6.37. The van der Waals surface area contributed by atoms with Gasteiger partial charge in [0.15, 0.2) is 12.3 Å². The highest BCUT2D eigenvalue weighted by molar-refractivity contribution is 7.89. The Morgan fingerprint density at radius 1 is 1.45 bits per heavy atom. The summed E-state index contributed by atoms with van der Waals surface area (Å²) in [5.41, 5.74) is 0. The van der Waals surface area contributed by atoms with E-state index in [0.717, 1.165) is 12.1 Å². The molecule has 1 atom stereocenters. The zero-order valence-corrected chi connectivity index (χ0v) is 10.3. The number of nitrogens with one attached hydrogen (secondary N) is 1. The Morgan fingerprint density at radius 2 is 2.05 bits per heavy atom. The third kappa shape index (κ3) is 4.11. The van der Waals surface area contributed by atoms with Crippen LogP contribution in [0.2, 0.25) is 0 Å². The van der Waals surface area contributed by atoms with Crippen LogP contribution in [-0.4, -0.2) is 42.3 Å². The summed E-state index contributed by atoms with van der Waals surface area (Å²) in [5, 5.41) is 19.0. The SMILES string of the molecule is O=[N+]([O-])c1ccc(S(=O)(=O)NCC(O)C(F)(F)F)cn1. The second-order valence-electron chi connectivity index (χ2n) is 3.52. The van der Waals surface area contributed by atoms with E-state index in [1.807, 2.05) is 0 Å². The Balaban J connectivity index is 2.82. The van der Waals surface area contributed by atoms with E-state index >= 15 is 0 Å². The van der Waals surface area contributed by atoms with Crippen LogP contribution in [0.3, 0.4) is 0 Å². The largest absolute Gasteiger partial charge is 0.415 e. The molecule has 0 fully saturated rings. The molecule has 1 heterocycles. The van der Waals surface area contributed by atoms with Crippen LogP contribution < -0.4 is 4.72 Å². The van der Waals surface area contributed by atoms with Gasteiger partial charge in [0.05, 0.1) is 0 Å². The van der Waals surface area contributed by atoms with Gasteiger partial charge in [-0.15, -0.1) is 0 Å². The Hall–Kier alpha value is -1.79. The number of nitro groups is 1. The normalized spacial score (nSPS) is 14.0. The van der Waals surface area contributed by atoms with Gasteiger partial charge in [-0.05, 0) is 16.0 Å². The molecule has 0 bridgehead atoms. The van der Waals surface area contributed by atoms with Crippen molar-refractivity contribution in [3.63, 3.8) is 0 Å². The van der Waals surface area contributed by atoms with Crippen LogP contribution in [-0.2, 0) is 10.0 Å². The summed E-state index contributed by atoms with van der Waals surface area (Å²) in [6.45, 7) is -1.27. The van der Waals surface area contributed by atoms with Gasteiger partial charge in [-0.1, -0.05) is 0 Å². The predicted octanol–water partition coefficient (Wildman–Crippen LogP) is 0.191. The minimum Gasteiger partial charge on any atom is -0.382 e. The lowest BCUT2D eigenvalue weighted by atomic mass is 10.4. The predicted molar refractivity (Wildman–Crippen MR) is 58.1 cm³/mol. The number of hydrogen-bond acceptors (Lipinski definition) is 6. The maximum Gasteiger partial charge on any atom is 0.415 e. The molecule has 0 saturated heterocycles. The van der Waals surface area contributed by atoms with Crippen molar-refractivity contribution in [2.75, 3.05) is 6.54 Å². The number of rotatable bonds is 5. The van der Waals surface area contributed by atoms with Crippen molar-refractivity contribution in [3.8, 4) is 0 Å². The number of pyridine rings is 1. The number of halogens is 3. The van der Waals surface area contributed by atoms with Gasteiger partial charge < -0.3 is 15.2 Å². The molecule has 0 radical (unpaired) electrons. The molecule has 0 aliphatic heterocycles. The van der Waals surface area contributed by atoms with Crippen LogP contribution in [0.4, 0.5) is 19.0 Å². The maximum absolute atomic E-state index is 12.0. The van der Waals surface area contributed by atoms with Crippen LogP contribution in [0.5, 0.6) is 0 Å². The van der Waals surface area contributed by atoms with Crippen molar-refractivity contribution < 1.29 is 31.6 Å². The van der Waals surface area contributed by atoms with Gasteiger partial charge in [-0.3, -0.25) is 0 Å². The van der Waals surface area contributed by atoms with Crippen molar-refractivity contribution in [1.29, 1.82) is 0 Å². The van der Waals surface area contributed by atoms with E-state index in [1.165, 1.54) is 4.72 Å². The number of aromatic nitrogens is 1. The molecular formula is C8H8F3N3O5S. The fraction of sp³-hybridized carbons (Fsp3) is 0.375. The van der Waals surface area contributed by atoms with Crippen LogP contribution in [0.25, 0.3) is 0 Å². The van der Waals surface area contributed by atoms with Gasteiger partial charge in [-0.2, -0.15) is 13.2 Å². The molecule has 0 aliphatic carbocycles. The first-order chi connectivity index (χ1) is 9.04. The molecule has 1 rings (SSSR count). The first-order valence-electron chi connectivity index (χ1n) is 4.89. The third-order valence-electron chi connectivity index (χ3n) is 2.06. The Labute approximate surface area is 110 Å². The van der Waals surface area contributed by atoms with E-state index in [2.05, 4.69) is 4.98 Å². The molecule has 0 saturated carbocycles. The Bertz CT molecular complexity index is 586. The summed E-state index contributed by atoms with van der Waals surface area (Å²) in [5.74, 6) is -0.612. The molecule has 112 valence electrons.